The van der Waals surface area contributed by atoms with Crippen molar-refractivity contribution in [2.45, 2.75) is 13.3 Å². The second-order valence-electron chi connectivity index (χ2n) is 3.68. The van der Waals surface area contributed by atoms with Crippen molar-refractivity contribution in [3.8, 4) is 5.69 Å². The van der Waals surface area contributed by atoms with E-state index >= 15 is 0 Å². The lowest BCUT2D eigenvalue weighted by Gasteiger charge is -2.07. The number of carbonyl (C=O) groups is 1. The Morgan fingerprint density at radius 2 is 2.11 bits per heavy atom. The van der Waals surface area contributed by atoms with Crippen LogP contribution in [0.15, 0.2) is 30.6 Å². The molecule has 2 rings (SSSR count). The number of carbonyl (C=O) groups excluding carboxylic acids is 1. The molecule has 0 unspecified atom stereocenters. The van der Waals surface area contributed by atoms with Crippen LogP contribution in [0.25, 0.3) is 5.69 Å². The second kappa shape index (κ2) is 5.76. The summed E-state index contributed by atoms with van der Waals surface area (Å²) in [6, 6.07) is 7.04. The highest BCUT2D eigenvalue weighted by Crippen LogP contribution is 2.11. The van der Waals surface area contributed by atoms with Gasteiger partial charge in [-0.15, -0.1) is 5.10 Å². The number of tetrazole rings is 1. The molecule has 2 aromatic rings. The van der Waals surface area contributed by atoms with E-state index in [4.69, 9.17) is 0 Å². The predicted molar refractivity (Wildman–Crippen MR) is 66.5 cm³/mol. The first-order valence-electron chi connectivity index (χ1n) is 5.68. The number of aromatic nitrogens is 4. The molecule has 94 valence electrons. The van der Waals surface area contributed by atoms with Crippen molar-refractivity contribution in [2.75, 3.05) is 11.9 Å². The van der Waals surface area contributed by atoms with E-state index in [1.54, 1.807) is 16.8 Å². The van der Waals surface area contributed by atoms with E-state index in [-0.39, 0.29) is 6.03 Å². The summed E-state index contributed by atoms with van der Waals surface area (Å²) in [5.74, 6) is 0. The summed E-state index contributed by atoms with van der Waals surface area (Å²) in [4.78, 5) is 11.4. The normalized spacial score (nSPS) is 10.1. The van der Waals surface area contributed by atoms with Gasteiger partial charge in [0.15, 0.2) is 0 Å². The average Bonchev–Trinajstić information content (AvgIpc) is 2.91. The summed E-state index contributed by atoms with van der Waals surface area (Å²) in [6.07, 6.45) is 2.42. The first-order valence-corrected chi connectivity index (χ1v) is 5.68. The standard InChI is InChI=1S/C11H14N6O/c1-2-7-12-11(18)14-9-3-5-10(6-4-9)17-8-13-15-16-17/h3-6,8H,2,7H2,1H3,(H2,12,14,18). The molecule has 0 fully saturated rings. The van der Waals surface area contributed by atoms with Crippen molar-refractivity contribution in [3.63, 3.8) is 0 Å². The minimum Gasteiger partial charge on any atom is -0.338 e. The van der Waals surface area contributed by atoms with Gasteiger partial charge in [0.05, 0.1) is 5.69 Å². The van der Waals surface area contributed by atoms with Gasteiger partial charge in [-0.2, -0.15) is 0 Å². The number of benzene rings is 1. The third-order valence-electron chi connectivity index (χ3n) is 2.27. The van der Waals surface area contributed by atoms with Crippen molar-refractivity contribution in [3.05, 3.63) is 30.6 Å². The third-order valence-corrected chi connectivity index (χ3v) is 2.27. The number of amides is 2. The Morgan fingerprint density at radius 1 is 1.33 bits per heavy atom. The summed E-state index contributed by atoms with van der Waals surface area (Å²) in [5.41, 5.74) is 1.56. The van der Waals surface area contributed by atoms with Crippen LogP contribution in [-0.4, -0.2) is 32.8 Å². The SMILES string of the molecule is CCCNC(=O)Nc1ccc(-n2cnnn2)cc1. The van der Waals surface area contributed by atoms with E-state index < -0.39 is 0 Å². The fourth-order valence-electron chi connectivity index (χ4n) is 1.39. The van der Waals surface area contributed by atoms with Crippen LogP contribution in [0, 0.1) is 0 Å². The summed E-state index contributed by atoms with van der Waals surface area (Å²) >= 11 is 0. The van der Waals surface area contributed by atoms with E-state index in [2.05, 4.69) is 26.2 Å². The maximum Gasteiger partial charge on any atom is 0.319 e. The van der Waals surface area contributed by atoms with Crippen molar-refractivity contribution in [1.82, 2.24) is 25.5 Å². The van der Waals surface area contributed by atoms with Gasteiger partial charge in [0, 0.05) is 12.2 Å². The molecule has 0 bridgehead atoms. The highest BCUT2D eigenvalue weighted by molar-refractivity contribution is 5.89. The minimum atomic E-state index is -0.202. The zero-order valence-corrected chi connectivity index (χ0v) is 10.00. The minimum absolute atomic E-state index is 0.202. The molecule has 2 N–H and O–H groups in total. The van der Waals surface area contributed by atoms with Gasteiger partial charge >= 0.3 is 6.03 Å². The Hall–Kier alpha value is -2.44. The van der Waals surface area contributed by atoms with Gasteiger partial charge < -0.3 is 10.6 Å². The summed E-state index contributed by atoms with van der Waals surface area (Å²) < 4.78 is 1.54. The Kier molecular flexibility index (Phi) is 3.85. The highest BCUT2D eigenvalue weighted by Gasteiger charge is 2.01. The number of nitrogens with zero attached hydrogens (tertiary/aromatic N) is 4. The van der Waals surface area contributed by atoms with Crippen LogP contribution in [-0.2, 0) is 0 Å². The van der Waals surface area contributed by atoms with E-state index in [1.807, 2.05) is 19.1 Å². The first kappa shape index (κ1) is 12.0. The predicted octanol–water partition coefficient (Wildman–Crippen LogP) is 1.19. The zero-order chi connectivity index (χ0) is 12.8. The van der Waals surface area contributed by atoms with Crippen LogP contribution in [0.2, 0.25) is 0 Å². The van der Waals surface area contributed by atoms with Gasteiger partial charge in [-0.25, -0.2) is 9.48 Å². The highest BCUT2D eigenvalue weighted by atomic mass is 16.2. The fourth-order valence-corrected chi connectivity index (χ4v) is 1.39. The molecule has 1 aromatic carbocycles. The lowest BCUT2D eigenvalue weighted by molar-refractivity contribution is 0.252. The van der Waals surface area contributed by atoms with Gasteiger partial charge in [0.1, 0.15) is 6.33 Å². The Bertz CT molecular complexity index is 493. The van der Waals surface area contributed by atoms with Crippen LogP contribution in [0.1, 0.15) is 13.3 Å². The molecule has 7 nitrogen and oxygen atoms in total. The van der Waals surface area contributed by atoms with Gasteiger partial charge in [-0.1, -0.05) is 6.92 Å². The second-order valence-corrected chi connectivity index (χ2v) is 3.68. The van der Waals surface area contributed by atoms with Gasteiger partial charge in [0.2, 0.25) is 0 Å². The van der Waals surface area contributed by atoms with E-state index in [9.17, 15) is 4.79 Å². The van der Waals surface area contributed by atoms with Crippen LogP contribution >= 0.6 is 0 Å². The molecule has 0 aliphatic rings. The molecular weight excluding hydrogens is 232 g/mol. The molecule has 0 spiro atoms. The summed E-state index contributed by atoms with van der Waals surface area (Å²) in [5, 5.41) is 16.4. The summed E-state index contributed by atoms with van der Waals surface area (Å²) in [7, 11) is 0. The fraction of sp³-hybridized carbons (Fsp3) is 0.273. The first-order chi connectivity index (χ1) is 8.79. The lowest BCUT2D eigenvalue weighted by Crippen LogP contribution is -2.29. The maximum atomic E-state index is 11.4. The molecule has 7 heteroatoms. The van der Waals surface area contributed by atoms with Crippen LogP contribution < -0.4 is 10.6 Å². The Labute approximate surface area is 104 Å². The van der Waals surface area contributed by atoms with Gasteiger partial charge in [-0.3, -0.25) is 0 Å². The van der Waals surface area contributed by atoms with Crippen LogP contribution in [0.3, 0.4) is 0 Å². The number of nitrogens with one attached hydrogen (secondary N) is 2. The van der Waals surface area contributed by atoms with Crippen molar-refractivity contribution < 1.29 is 4.79 Å². The number of urea groups is 1. The van der Waals surface area contributed by atoms with Crippen LogP contribution in [0.5, 0.6) is 0 Å². The van der Waals surface area contributed by atoms with Gasteiger partial charge in [-0.05, 0) is 41.1 Å². The Balaban J connectivity index is 1.98. The topological polar surface area (TPSA) is 84.7 Å². The molecule has 0 aliphatic heterocycles. The molecule has 2 amide bonds. The van der Waals surface area contributed by atoms with E-state index in [0.717, 1.165) is 17.8 Å². The molecular formula is C11H14N6O. The lowest BCUT2D eigenvalue weighted by atomic mass is 10.3. The molecule has 18 heavy (non-hydrogen) atoms. The largest absolute Gasteiger partial charge is 0.338 e. The van der Waals surface area contributed by atoms with E-state index in [1.165, 1.54) is 6.33 Å². The molecule has 0 radical (unpaired) electrons. The smallest absolute Gasteiger partial charge is 0.319 e. The quantitative estimate of drug-likeness (QED) is 0.848. The Morgan fingerprint density at radius 3 is 2.72 bits per heavy atom. The monoisotopic (exact) mass is 246 g/mol. The molecule has 1 aromatic heterocycles. The van der Waals surface area contributed by atoms with Crippen molar-refractivity contribution >= 4 is 11.7 Å². The number of anilines is 1. The number of hydrogen-bond donors (Lipinski definition) is 2. The van der Waals surface area contributed by atoms with E-state index in [0.29, 0.717) is 6.54 Å². The number of hydrogen-bond acceptors (Lipinski definition) is 4. The average molecular weight is 246 g/mol. The molecule has 1 heterocycles. The molecule has 0 aliphatic carbocycles. The van der Waals surface area contributed by atoms with Crippen molar-refractivity contribution in [1.29, 1.82) is 0 Å². The van der Waals surface area contributed by atoms with Crippen molar-refractivity contribution in [2.24, 2.45) is 0 Å². The molecule has 0 saturated carbocycles. The maximum absolute atomic E-state index is 11.4. The van der Waals surface area contributed by atoms with Crippen LogP contribution in [0.4, 0.5) is 10.5 Å². The number of rotatable bonds is 4. The zero-order valence-electron chi connectivity index (χ0n) is 10.00. The summed E-state index contributed by atoms with van der Waals surface area (Å²) in [6.45, 7) is 2.66. The van der Waals surface area contributed by atoms with Gasteiger partial charge in [0.25, 0.3) is 0 Å². The molecule has 0 atom stereocenters. The molecule has 0 saturated heterocycles. The third kappa shape index (κ3) is 3.03.